The number of aromatic nitrogens is 2. The van der Waals surface area contributed by atoms with E-state index in [1.165, 1.54) is 0 Å². The minimum atomic E-state index is 0.0797. The molecular weight excluding hydrogens is 190 g/mol. The van der Waals surface area contributed by atoms with Crippen molar-refractivity contribution in [3.63, 3.8) is 0 Å². The van der Waals surface area contributed by atoms with Crippen molar-refractivity contribution in [3.8, 4) is 0 Å². The summed E-state index contributed by atoms with van der Waals surface area (Å²) in [5, 5.41) is 9.84. The molecule has 1 aromatic rings. The lowest BCUT2D eigenvalue weighted by Gasteiger charge is -2.04. The van der Waals surface area contributed by atoms with E-state index in [0.717, 1.165) is 36.3 Å². The van der Waals surface area contributed by atoms with Gasteiger partial charge in [-0.15, -0.1) is 0 Å². The molecule has 0 saturated heterocycles. The van der Waals surface area contributed by atoms with Gasteiger partial charge in [-0.25, -0.2) is 0 Å². The van der Waals surface area contributed by atoms with Crippen LogP contribution in [-0.4, -0.2) is 22.6 Å². The number of hydrogen-bond acceptors (Lipinski definition) is 2. The Morgan fingerprint density at radius 2 is 2.20 bits per heavy atom. The Hall–Kier alpha value is -1.32. The maximum absolute atomic E-state index is 11.5. The standard InChI is InChI=1S/C11H19N3O/c1-4-5-6-12-11(15)7-10-8(2)13-14-9(10)3/h4-7H2,1-3H3,(H,12,15)(H,13,14). The Morgan fingerprint density at radius 1 is 1.47 bits per heavy atom. The van der Waals surface area contributed by atoms with Crippen molar-refractivity contribution >= 4 is 5.91 Å². The lowest BCUT2D eigenvalue weighted by Crippen LogP contribution is -2.26. The Labute approximate surface area is 90.5 Å². The lowest BCUT2D eigenvalue weighted by atomic mass is 10.1. The van der Waals surface area contributed by atoms with Crippen LogP contribution in [-0.2, 0) is 11.2 Å². The molecule has 0 aliphatic rings. The van der Waals surface area contributed by atoms with Gasteiger partial charge in [0.1, 0.15) is 0 Å². The van der Waals surface area contributed by atoms with Gasteiger partial charge in [0, 0.05) is 17.8 Å². The summed E-state index contributed by atoms with van der Waals surface area (Å²) in [5.74, 6) is 0.0797. The Kier molecular flexibility index (Phi) is 4.34. The van der Waals surface area contributed by atoms with E-state index in [1.807, 2.05) is 13.8 Å². The summed E-state index contributed by atoms with van der Waals surface area (Å²) in [7, 11) is 0. The van der Waals surface area contributed by atoms with Crippen molar-refractivity contribution in [1.29, 1.82) is 0 Å². The summed E-state index contributed by atoms with van der Waals surface area (Å²) in [5.41, 5.74) is 2.92. The molecule has 2 N–H and O–H groups in total. The van der Waals surface area contributed by atoms with Gasteiger partial charge in [0.15, 0.2) is 0 Å². The number of H-pyrrole nitrogens is 1. The molecule has 84 valence electrons. The highest BCUT2D eigenvalue weighted by molar-refractivity contribution is 5.79. The van der Waals surface area contributed by atoms with Gasteiger partial charge in [-0.05, 0) is 20.3 Å². The number of carbonyl (C=O) groups excluding carboxylic acids is 1. The molecule has 0 radical (unpaired) electrons. The largest absolute Gasteiger partial charge is 0.356 e. The van der Waals surface area contributed by atoms with Crippen molar-refractivity contribution in [1.82, 2.24) is 15.5 Å². The molecule has 0 spiro atoms. The van der Waals surface area contributed by atoms with Crippen molar-refractivity contribution in [2.45, 2.75) is 40.0 Å². The molecule has 0 fully saturated rings. The molecule has 15 heavy (non-hydrogen) atoms. The number of rotatable bonds is 5. The zero-order valence-corrected chi connectivity index (χ0v) is 9.68. The van der Waals surface area contributed by atoms with Crippen molar-refractivity contribution < 1.29 is 4.79 Å². The number of amides is 1. The van der Waals surface area contributed by atoms with Crippen LogP contribution in [0.4, 0.5) is 0 Å². The quantitative estimate of drug-likeness (QED) is 0.722. The molecule has 0 atom stereocenters. The van der Waals surface area contributed by atoms with Gasteiger partial charge in [0.25, 0.3) is 0 Å². The number of nitrogens with one attached hydrogen (secondary N) is 2. The average Bonchev–Trinajstić information content (AvgIpc) is 2.50. The molecule has 4 nitrogen and oxygen atoms in total. The maximum atomic E-state index is 11.5. The van der Waals surface area contributed by atoms with Gasteiger partial charge in [0.05, 0.1) is 12.1 Å². The first-order valence-corrected chi connectivity index (χ1v) is 5.42. The summed E-state index contributed by atoms with van der Waals surface area (Å²) < 4.78 is 0. The molecule has 1 amide bonds. The fourth-order valence-corrected chi connectivity index (χ4v) is 1.46. The zero-order chi connectivity index (χ0) is 11.3. The van der Waals surface area contributed by atoms with E-state index in [-0.39, 0.29) is 5.91 Å². The highest BCUT2D eigenvalue weighted by atomic mass is 16.1. The molecule has 0 aliphatic heterocycles. The van der Waals surface area contributed by atoms with Gasteiger partial charge < -0.3 is 5.32 Å². The van der Waals surface area contributed by atoms with Crippen molar-refractivity contribution in [2.75, 3.05) is 6.54 Å². The number of aryl methyl sites for hydroxylation is 2. The van der Waals surface area contributed by atoms with Crippen LogP contribution in [0.5, 0.6) is 0 Å². The van der Waals surface area contributed by atoms with E-state index >= 15 is 0 Å². The highest BCUT2D eigenvalue weighted by Crippen LogP contribution is 2.09. The predicted octanol–water partition coefficient (Wildman–Crippen LogP) is 1.49. The second-order valence-electron chi connectivity index (χ2n) is 3.79. The van der Waals surface area contributed by atoms with E-state index in [2.05, 4.69) is 22.4 Å². The second kappa shape index (κ2) is 5.53. The highest BCUT2D eigenvalue weighted by Gasteiger charge is 2.10. The average molecular weight is 209 g/mol. The SMILES string of the molecule is CCCCNC(=O)Cc1c(C)n[nH]c1C. The van der Waals surface area contributed by atoms with Crippen LogP contribution in [0.25, 0.3) is 0 Å². The molecule has 1 rings (SSSR count). The van der Waals surface area contributed by atoms with Gasteiger partial charge >= 0.3 is 0 Å². The zero-order valence-electron chi connectivity index (χ0n) is 9.68. The van der Waals surface area contributed by atoms with Gasteiger partial charge in [-0.3, -0.25) is 9.89 Å². The monoisotopic (exact) mass is 209 g/mol. The Morgan fingerprint density at radius 3 is 2.73 bits per heavy atom. The fraction of sp³-hybridized carbons (Fsp3) is 0.636. The molecule has 1 aromatic heterocycles. The minimum absolute atomic E-state index is 0.0797. The number of carbonyl (C=O) groups is 1. The van der Waals surface area contributed by atoms with Crippen LogP contribution >= 0.6 is 0 Å². The van der Waals surface area contributed by atoms with E-state index < -0.39 is 0 Å². The van der Waals surface area contributed by atoms with E-state index in [1.54, 1.807) is 0 Å². The molecule has 0 aromatic carbocycles. The molecule has 0 aliphatic carbocycles. The van der Waals surface area contributed by atoms with E-state index in [4.69, 9.17) is 0 Å². The van der Waals surface area contributed by atoms with Crippen LogP contribution in [0.2, 0.25) is 0 Å². The Balaban J connectivity index is 2.44. The molecule has 1 heterocycles. The molecular formula is C11H19N3O. The lowest BCUT2D eigenvalue weighted by molar-refractivity contribution is -0.120. The second-order valence-corrected chi connectivity index (χ2v) is 3.79. The summed E-state index contributed by atoms with van der Waals surface area (Å²) in [6.45, 7) is 6.73. The third-order valence-electron chi connectivity index (χ3n) is 2.47. The van der Waals surface area contributed by atoms with Crippen LogP contribution in [0.3, 0.4) is 0 Å². The molecule has 0 unspecified atom stereocenters. The number of unbranched alkanes of at least 4 members (excludes halogenated alkanes) is 1. The topological polar surface area (TPSA) is 57.8 Å². The van der Waals surface area contributed by atoms with Crippen LogP contribution in [0.15, 0.2) is 0 Å². The maximum Gasteiger partial charge on any atom is 0.224 e. The number of hydrogen-bond donors (Lipinski definition) is 2. The van der Waals surface area contributed by atoms with E-state index in [9.17, 15) is 4.79 Å². The smallest absolute Gasteiger partial charge is 0.224 e. The summed E-state index contributed by atoms with van der Waals surface area (Å²) in [6.07, 6.45) is 2.57. The molecule has 0 bridgehead atoms. The fourth-order valence-electron chi connectivity index (χ4n) is 1.46. The van der Waals surface area contributed by atoms with Crippen LogP contribution in [0, 0.1) is 13.8 Å². The van der Waals surface area contributed by atoms with Crippen LogP contribution < -0.4 is 5.32 Å². The third-order valence-corrected chi connectivity index (χ3v) is 2.47. The van der Waals surface area contributed by atoms with Gasteiger partial charge in [-0.2, -0.15) is 5.10 Å². The van der Waals surface area contributed by atoms with Gasteiger partial charge in [0.2, 0.25) is 5.91 Å². The number of nitrogens with zero attached hydrogens (tertiary/aromatic N) is 1. The van der Waals surface area contributed by atoms with Crippen molar-refractivity contribution in [3.05, 3.63) is 17.0 Å². The summed E-state index contributed by atoms with van der Waals surface area (Å²) >= 11 is 0. The third kappa shape index (κ3) is 3.38. The Bertz CT molecular complexity index is 311. The molecule has 0 saturated carbocycles. The predicted molar refractivity (Wildman–Crippen MR) is 59.7 cm³/mol. The molecule has 4 heteroatoms. The van der Waals surface area contributed by atoms with Crippen LogP contribution in [0.1, 0.15) is 36.7 Å². The minimum Gasteiger partial charge on any atom is -0.356 e. The van der Waals surface area contributed by atoms with Crippen molar-refractivity contribution in [2.24, 2.45) is 0 Å². The first-order valence-electron chi connectivity index (χ1n) is 5.42. The first-order chi connectivity index (χ1) is 7.15. The summed E-state index contributed by atoms with van der Waals surface area (Å²) in [4.78, 5) is 11.5. The number of aromatic amines is 1. The van der Waals surface area contributed by atoms with E-state index in [0.29, 0.717) is 6.42 Å². The van der Waals surface area contributed by atoms with Gasteiger partial charge in [-0.1, -0.05) is 13.3 Å². The normalized spacial score (nSPS) is 10.3. The first kappa shape index (κ1) is 11.8. The summed E-state index contributed by atoms with van der Waals surface area (Å²) in [6, 6.07) is 0.